The molecule has 0 aliphatic carbocycles. The summed E-state index contributed by atoms with van der Waals surface area (Å²) in [6.07, 6.45) is 0. The van der Waals surface area contributed by atoms with E-state index in [9.17, 15) is 8.42 Å². The topological polar surface area (TPSA) is 46.6 Å². The van der Waals surface area contributed by atoms with Crippen molar-refractivity contribution >= 4 is 44.4 Å². The molecule has 1 fully saturated rings. The molecule has 29 heavy (non-hydrogen) atoms. The molecule has 1 unspecified atom stereocenters. The summed E-state index contributed by atoms with van der Waals surface area (Å²) in [6, 6.07) is 24.7. The second-order valence-corrected chi connectivity index (χ2v) is 11.0. The third-order valence-electron chi connectivity index (χ3n) is 4.68. The molecule has 0 bridgehead atoms. The fraction of sp³-hybridized carbons (Fsp3) is 0.182. The number of rotatable bonds is 6. The van der Waals surface area contributed by atoms with Crippen LogP contribution in [-0.2, 0) is 16.6 Å². The predicted molar refractivity (Wildman–Crippen MR) is 125 cm³/mol. The first kappa shape index (κ1) is 20.7. The molecule has 1 atom stereocenters. The average Bonchev–Trinajstić information content (AvgIpc) is 3.25. The molecule has 0 saturated carbocycles. The molecule has 1 saturated heterocycles. The number of hydrogen-bond donors (Lipinski definition) is 0. The van der Waals surface area contributed by atoms with Gasteiger partial charge in [0.05, 0.1) is 10.3 Å². The molecule has 1 aliphatic rings. The van der Waals surface area contributed by atoms with Gasteiger partial charge in [-0.3, -0.25) is 0 Å². The van der Waals surface area contributed by atoms with Crippen LogP contribution in [0.15, 0.2) is 83.8 Å². The highest BCUT2D eigenvalue weighted by atomic mass is 127. The Morgan fingerprint density at radius 3 is 2.34 bits per heavy atom. The lowest BCUT2D eigenvalue weighted by Gasteiger charge is -2.23. The minimum absolute atomic E-state index is 0.220. The van der Waals surface area contributed by atoms with Crippen molar-refractivity contribution in [2.24, 2.45) is 0 Å². The van der Waals surface area contributed by atoms with E-state index >= 15 is 0 Å². The highest BCUT2D eigenvalue weighted by Crippen LogP contribution is 2.41. The Bertz CT molecular complexity index is 1060. The Morgan fingerprint density at radius 2 is 1.66 bits per heavy atom. The first-order valence-corrected chi connectivity index (χ1v) is 12.8. The fourth-order valence-electron chi connectivity index (χ4n) is 3.17. The number of nitrogens with zero attached hydrogens (tertiary/aromatic N) is 1. The number of hydrogen-bond acceptors (Lipinski definition) is 4. The van der Waals surface area contributed by atoms with Crippen molar-refractivity contribution < 1.29 is 13.2 Å². The highest BCUT2D eigenvalue weighted by Gasteiger charge is 2.36. The second kappa shape index (κ2) is 9.07. The summed E-state index contributed by atoms with van der Waals surface area (Å²) < 4.78 is 34.7. The van der Waals surface area contributed by atoms with E-state index in [4.69, 9.17) is 4.74 Å². The SMILES string of the molecule is O=S(=O)(c1ccc(I)cc1)N1CCSC1c1ccc(OCc2ccccc2)cc1. The predicted octanol–water partition coefficient (Wildman–Crippen LogP) is 5.31. The molecule has 0 aromatic heterocycles. The Hall–Kier alpha value is -1.55. The maximum absolute atomic E-state index is 13.1. The van der Waals surface area contributed by atoms with Gasteiger partial charge in [-0.1, -0.05) is 42.5 Å². The summed E-state index contributed by atoms with van der Waals surface area (Å²) in [4.78, 5) is 0.341. The van der Waals surface area contributed by atoms with Crippen molar-refractivity contribution in [3.63, 3.8) is 0 Å². The second-order valence-electron chi connectivity index (χ2n) is 6.64. The van der Waals surface area contributed by atoms with Crippen molar-refractivity contribution in [2.75, 3.05) is 12.3 Å². The molecule has 0 amide bonds. The quantitative estimate of drug-likeness (QED) is 0.400. The number of benzene rings is 3. The monoisotopic (exact) mass is 537 g/mol. The van der Waals surface area contributed by atoms with Crippen LogP contribution in [0, 0.1) is 3.57 Å². The summed E-state index contributed by atoms with van der Waals surface area (Å²) >= 11 is 3.82. The van der Waals surface area contributed by atoms with E-state index in [1.54, 1.807) is 28.2 Å². The van der Waals surface area contributed by atoms with Gasteiger partial charge < -0.3 is 4.74 Å². The molecule has 3 aromatic carbocycles. The maximum Gasteiger partial charge on any atom is 0.244 e. The van der Waals surface area contributed by atoms with E-state index in [0.717, 1.165) is 26.2 Å². The summed E-state index contributed by atoms with van der Waals surface area (Å²) in [5, 5.41) is -0.220. The Morgan fingerprint density at radius 1 is 0.966 bits per heavy atom. The van der Waals surface area contributed by atoms with Gasteiger partial charge in [0.25, 0.3) is 0 Å². The van der Waals surface area contributed by atoms with Gasteiger partial charge in [0.1, 0.15) is 12.4 Å². The van der Waals surface area contributed by atoms with Gasteiger partial charge in [-0.2, -0.15) is 4.31 Å². The van der Waals surface area contributed by atoms with Gasteiger partial charge in [0.15, 0.2) is 0 Å². The molecule has 7 heteroatoms. The Kier molecular flexibility index (Phi) is 6.48. The molecule has 0 N–H and O–H groups in total. The van der Waals surface area contributed by atoms with Gasteiger partial charge in [0.2, 0.25) is 10.0 Å². The van der Waals surface area contributed by atoms with Crippen LogP contribution >= 0.6 is 34.4 Å². The van der Waals surface area contributed by atoms with Crippen LogP contribution < -0.4 is 4.74 Å². The molecular formula is C22H20INO3S2. The number of ether oxygens (including phenoxy) is 1. The number of halogens is 1. The maximum atomic E-state index is 13.1. The zero-order valence-electron chi connectivity index (χ0n) is 15.6. The third kappa shape index (κ3) is 4.79. The summed E-state index contributed by atoms with van der Waals surface area (Å²) in [5.41, 5.74) is 2.08. The van der Waals surface area contributed by atoms with Crippen LogP contribution in [0.1, 0.15) is 16.5 Å². The van der Waals surface area contributed by atoms with Crippen LogP contribution in [0.2, 0.25) is 0 Å². The lowest BCUT2D eigenvalue weighted by molar-refractivity contribution is 0.306. The zero-order chi connectivity index (χ0) is 20.3. The van der Waals surface area contributed by atoms with Crippen molar-refractivity contribution in [1.82, 2.24) is 4.31 Å². The van der Waals surface area contributed by atoms with E-state index in [2.05, 4.69) is 22.6 Å². The van der Waals surface area contributed by atoms with Gasteiger partial charge >= 0.3 is 0 Å². The van der Waals surface area contributed by atoms with Crippen LogP contribution in [0.25, 0.3) is 0 Å². The van der Waals surface area contributed by atoms with Gasteiger partial charge in [-0.15, -0.1) is 11.8 Å². The van der Waals surface area contributed by atoms with Gasteiger partial charge in [0, 0.05) is 15.9 Å². The first-order chi connectivity index (χ1) is 14.0. The van der Waals surface area contributed by atoms with Crippen molar-refractivity contribution in [3.05, 3.63) is 93.6 Å². The average molecular weight is 537 g/mol. The van der Waals surface area contributed by atoms with Crippen LogP contribution in [0.4, 0.5) is 0 Å². The molecule has 4 nitrogen and oxygen atoms in total. The minimum Gasteiger partial charge on any atom is -0.489 e. The fourth-order valence-corrected chi connectivity index (χ4v) is 6.78. The van der Waals surface area contributed by atoms with Crippen LogP contribution in [-0.4, -0.2) is 25.0 Å². The van der Waals surface area contributed by atoms with E-state index in [1.165, 1.54) is 0 Å². The van der Waals surface area contributed by atoms with Crippen LogP contribution in [0.5, 0.6) is 5.75 Å². The number of thioether (sulfide) groups is 1. The lowest BCUT2D eigenvalue weighted by Crippen LogP contribution is -2.30. The summed E-state index contributed by atoms with van der Waals surface area (Å²) in [6.45, 7) is 1.02. The molecular weight excluding hydrogens is 517 g/mol. The number of sulfonamides is 1. The molecule has 1 heterocycles. The molecule has 0 radical (unpaired) electrons. The normalized spacial score (nSPS) is 17.3. The minimum atomic E-state index is -3.53. The molecule has 1 aliphatic heterocycles. The van der Waals surface area contributed by atoms with Crippen molar-refractivity contribution in [3.8, 4) is 5.75 Å². The summed E-state index contributed by atoms with van der Waals surface area (Å²) in [7, 11) is -3.53. The van der Waals surface area contributed by atoms with E-state index < -0.39 is 10.0 Å². The van der Waals surface area contributed by atoms with Gasteiger partial charge in [-0.25, -0.2) is 8.42 Å². The zero-order valence-corrected chi connectivity index (χ0v) is 19.4. The standard InChI is InChI=1S/C22H20INO3S2/c23-19-8-12-21(13-9-19)29(25,26)24-14-15-28-22(24)18-6-10-20(11-7-18)27-16-17-4-2-1-3-5-17/h1-13,22H,14-16H2. The van der Waals surface area contributed by atoms with Gasteiger partial charge in [-0.05, 0) is 70.1 Å². The Labute approximate surface area is 189 Å². The van der Waals surface area contributed by atoms with Crippen molar-refractivity contribution in [2.45, 2.75) is 16.9 Å². The van der Waals surface area contributed by atoms with E-state index in [0.29, 0.717) is 18.0 Å². The molecule has 0 spiro atoms. The Balaban J connectivity index is 1.49. The van der Waals surface area contributed by atoms with E-state index in [1.807, 2.05) is 66.7 Å². The molecule has 3 aromatic rings. The highest BCUT2D eigenvalue weighted by molar-refractivity contribution is 14.1. The lowest BCUT2D eigenvalue weighted by atomic mass is 10.2. The van der Waals surface area contributed by atoms with E-state index in [-0.39, 0.29) is 5.37 Å². The van der Waals surface area contributed by atoms with Crippen molar-refractivity contribution in [1.29, 1.82) is 0 Å². The molecule has 4 rings (SSSR count). The van der Waals surface area contributed by atoms with Crippen LogP contribution in [0.3, 0.4) is 0 Å². The first-order valence-electron chi connectivity index (χ1n) is 9.20. The largest absolute Gasteiger partial charge is 0.489 e. The smallest absolute Gasteiger partial charge is 0.244 e. The third-order valence-corrected chi connectivity index (χ3v) is 8.67. The summed E-state index contributed by atoms with van der Waals surface area (Å²) in [5.74, 6) is 1.55. The molecule has 150 valence electrons.